The van der Waals surface area contributed by atoms with Gasteiger partial charge >= 0.3 is 5.97 Å². The topological polar surface area (TPSA) is 132 Å². The molecule has 0 bridgehead atoms. The molecule has 36 heavy (non-hydrogen) atoms. The van der Waals surface area contributed by atoms with Crippen LogP contribution in [0.1, 0.15) is 19.3 Å². The van der Waals surface area contributed by atoms with Crippen molar-refractivity contribution in [3.05, 3.63) is 59.3 Å². The van der Waals surface area contributed by atoms with Gasteiger partial charge in [0.25, 0.3) is 0 Å². The molecule has 3 N–H and O–H groups in total. The average Bonchev–Trinajstić information content (AvgIpc) is 3.26. The lowest BCUT2D eigenvalue weighted by Crippen LogP contribution is -2.40. The fraction of sp³-hybridized carbons (Fsp3) is 0.375. The van der Waals surface area contributed by atoms with Gasteiger partial charge in [0.05, 0.1) is 35.1 Å². The van der Waals surface area contributed by atoms with Crippen molar-refractivity contribution in [1.82, 2.24) is 20.1 Å². The minimum absolute atomic E-state index is 0.0125. The molecule has 1 aromatic rings. The number of carboxylic acid groups (broad SMARTS) is 1. The van der Waals surface area contributed by atoms with Crippen molar-refractivity contribution in [2.45, 2.75) is 25.3 Å². The molecule has 1 aliphatic carbocycles. The Balaban J connectivity index is 1.36. The third-order valence-corrected chi connectivity index (χ3v) is 6.49. The number of hydrogen-bond acceptors (Lipinski definition) is 6. The van der Waals surface area contributed by atoms with Crippen molar-refractivity contribution in [2.24, 2.45) is 11.8 Å². The molecule has 12 heteroatoms. The molecule has 2 aliphatic heterocycles. The lowest BCUT2D eigenvalue weighted by molar-refractivity contribution is -0.145. The van der Waals surface area contributed by atoms with Crippen LogP contribution < -0.4 is 10.6 Å². The molecule has 1 saturated heterocycles. The number of halogens is 2. The zero-order valence-electron chi connectivity index (χ0n) is 19.2. The molecule has 4 rings (SSSR count). The van der Waals surface area contributed by atoms with E-state index in [1.807, 2.05) is 6.08 Å². The van der Waals surface area contributed by atoms with E-state index < -0.39 is 41.5 Å². The summed E-state index contributed by atoms with van der Waals surface area (Å²) in [5, 5.41) is 15.1. The van der Waals surface area contributed by atoms with Crippen molar-refractivity contribution in [3.8, 4) is 0 Å². The van der Waals surface area contributed by atoms with Crippen LogP contribution >= 0.6 is 11.6 Å². The normalized spacial score (nSPS) is 24.2. The first-order chi connectivity index (χ1) is 17.2. The molecule has 0 spiro atoms. The SMILES string of the molecule is O=C(CN1C[C@H](C(=O)O)[C@@H](C(=O)NC2=C(F)CC(N3C=CCCC3=O)C=C2)C1)Nc1ccc(Cl)cn1. The van der Waals surface area contributed by atoms with E-state index in [1.54, 1.807) is 23.2 Å². The van der Waals surface area contributed by atoms with Crippen LogP contribution in [0.3, 0.4) is 0 Å². The minimum Gasteiger partial charge on any atom is -0.481 e. The number of nitrogens with zero attached hydrogens (tertiary/aromatic N) is 3. The number of carbonyl (C=O) groups is 4. The van der Waals surface area contributed by atoms with Crippen molar-refractivity contribution in [3.63, 3.8) is 0 Å². The number of aliphatic carboxylic acids is 1. The summed E-state index contributed by atoms with van der Waals surface area (Å²) in [4.78, 5) is 56.2. The molecule has 0 saturated carbocycles. The number of carbonyl (C=O) groups excluding carboxylic acids is 3. The molecule has 1 aromatic heterocycles. The Morgan fingerprint density at radius 2 is 1.97 bits per heavy atom. The van der Waals surface area contributed by atoms with E-state index in [4.69, 9.17) is 11.6 Å². The largest absolute Gasteiger partial charge is 0.481 e. The minimum atomic E-state index is -1.18. The van der Waals surface area contributed by atoms with Gasteiger partial charge in [0, 0.05) is 38.3 Å². The van der Waals surface area contributed by atoms with Gasteiger partial charge in [0.15, 0.2) is 0 Å². The van der Waals surface area contributed by atoms with Crippen LogP contribution in [0.5, 0.6) is 0 Å². The van der Waals surface area contributed by atoms with Crippen LogP contribution in [0, 0.1) is 11.8 Å². The second kappa shape index (κ2) is 11.0. The highest BCUT2D eigenvalue weighted by Crippen LogP contribution is 2.28. The first-order valence-electron chi connectivity index (χ1n) is 11.4. The quantitative estimate of drug-likeness (QED) is 0.504. The first kappa shape index (κ1) is 25.5. The number of likely N-dealkylation sites (tertiary alicyclic amines) is 1. The van der Waals surface area contributed by atoms with Crippen LogP contribution in [0.4, 0.5) is 10.2 Å². The van der Waals surface area contributed by atoms with Crippen molar-refractivity contribution in [2.75, 3.05) is 25.0 Å². The highest BCUT2D eigenvalue weighted by atomic mass is 35.5. The van der Waals surface area contributed by atoms with Gasteiger partial charge in [-0.05, 0) is 24.6 Å². The zero-order chi connectivity index (χ0) is 25.8. The van der Waals surface area contributed by atoms with E-state index in [0.29, 0.717) is 23.7 Å². The molecule has 1 unspecified atom stereocenters. The van der Waals surface area contributed by atoms with E-state index in [-0.39, 0.29) is 37.7 Å². The summed E-state index contributed by atoms with van der Waals surface area (Å²) in [7, 11) is 0. The Morgan fingerprint density at radius 1 is 1.19 bits per heavy atom. The molecule has 3 amide bonds. The van der Waals surface area contributed by atoms with E-state index in [9.17, 15) is 28.7 Å². The lowest BCUT2D eigenvalue weighted by atomic mass is 9.95. The van der Waals surface area contributed by atoms with Crippen LogP contribution in [0.2, 0.25) is 5.02 Å². The van der Waals surface area contributed by atoms with Gasteiger partial charge in [0.2, 0.25) is 17.7 Å². The van der Waals surface area contributed by atoms with Gasteiger partial charge < -0.3 is 20.6 Å². The second-order valence-corrected chi connectivity index (χ2v) is 9.25. The Labute approximate surface area is 211 Å². The summed E-state index contributed by atoms with van der Waals surface area (Å²) >= 11 is 5.78. The number of rotatable bonds is 7. The fourth-order valence-electron chi connectivity index (χ4n) is 4.45. The first-order valence-corrected chi connectivity index (χ1v) is 11.8. The molecule has 3 heterocycles. The summed E-state index contributed by atoms with van der Waals surface area (Å²) in [6.07, 6.45) is 8.81. The van der Waals surface area contributed by atoms with Crippen LogP contribution in [0.15, 0.2) is 54.3 Å². The summed E-state index contributed by atoms with van der Waals surface area (Å²) in [6.45, 7) is -0.149. The smallest absolute Gasteiger partial charge is 0.308 e. The summed E-state index contributed by atoms with van der Waals surface area (Å²) < 4.78 is 14.8. The molecule has 0 aromatic carbocycles. The Bertz CT molecular complexity index is 1150. The monoisotopic (exact) mass is 517 g/mol. The average molecular weight is 518 g/mol. The highest BCUT2D eigenvalue weighted by molar-refractivity contribution is 6.30. The molecule has 10 nitrogen and oxygen atoms in total. The lowest BCUT2D eigenvalue weighted by Gasteiger charge is -2.30. The number of hydrogen-bond donors (Lipinski definition) is 3. The van der Waals surface area contributed by atoms with Gasteiger partial charge in [-0.1, -0.05) is 23.8 Å². The summed E-state index contributed by atoms with van der Waals surface area (Å²) in [6, 6.07) is 2.61. The molecular formula is C24H25ClFN5O5. The Morgan fingerprint density at radius 3 is 2.64 bits per heavy atom. The summed E-state index contributed by atoms with van der Waals surface area (Å²) in [5.41, 5.74) is -0.0566. The third kappa shape index (κ3) is 5.97. The predicted molar refractivity (Wildman–Crippen MR) is 128 cm³/mol. The number of amides is 3. The summed E-state index contributed by atoms with van der Waals surface area (Å²) in [5.74, 6) is -4.70. The van der Waals surface area contributed by atoms with Gasteiger partial charge in [-0.15, -0.1) is 0 Å². The number of aromatic nitrogens is 1. The maximum Gasteiger partial charge on any atom is 0.308 e. The fourth-order valence-corrected chi connectivity index (χ4v) is 4.57. The van der Waals surface area contributed by atoms with Gasteiger partial charge in [-0.2, -0.15) is 0 Å². The highest BCUT2D eigenvalue weighted by Gasteiger charge is 2.42. The molecular weight excluding hydrogens is 493 g/mol. The Kier molecular flexibility index (Phi) is 7.80. The number of nitrogens with one attached hydrogen (secondary N) is 2. The van der Waals surface area contributed by atoms with Crippen LogP contribution in [0.25, 0.3) is 0 Å². The zero-order valence-corrected chi connectivity index (χ0v) is 19.9. The maximum absolute atomic E-state index is 14.8. The molecule has 3 aliphatic rings. The van der Waals surface area contributed by atoms with E-state index in [0.717, 1.165) is 0 Å². The van der Waals surface area contributed by atoms with Crippen LogP contribution in [-0.2, 0) is 19.2 Å². The van der Waals surface area contributed by atoms with E-state index in [2.05, 4.69) is 15.6 Å². The second-order valence-electron chi connectivity index (χ2n) is 8.82. The molecule has 1 fully saturated rings. The van der Waals surface area contributed by atoms with Crippen molar-refractivity contribution >= 4 is 41.1 Å². The van der Waals surface area contributed by atoms with Gasteiger partial charge in [-0.25, -0.2) is 9.37 Å². The number of carboxylic acids is 1. The molecule has 0 radical (unpaired) electrons. The number of anilines is 1. The predicted octanol–water partition coefficient (Wildman–Crippen LogP) is 2.07. The maximum atomic E-state index is 14.8. The molecule has 3 atom stereocenters. The van der Waals surface area contributed by atoms with Crippen molar-refractivity contribution in [1.29, 1.82) is 0 Å². The number of pyridine rings is 1. The number of allylic oxidation sites excluding steroid dienone is 2. The van der Waals surface area contributed by atoms with Crippen molar-refractivity contribution < 1.29 is 28.7 Å². The molecule has 190 valence electrons. The van der Waals surface area contributed by atoms with E-state index in [1.165, 1.54) is 23.2 Å². The van der Waals surface area contributed by atoms with Gasteiger partial charge in [-0.3, -0.25) is 24.1 Å². The van der Waals surface area contributed by atoms with Gasteiger partial charge in [0.1, 0.15) is 11.6 Å². The standard InChI is InChI=1S/C24H25ClFN5O5/c25-14-4-7-20(27-10-14)29-21(32)13-30-11-16(17(12-30)24(35)36)23(34)28-19-6-5-15(9-18(19)26)31-8-2-1-3-22(31)33/h2,4-8,10,15-17H,1,3,9,11-13H2,(H,28,34)(H,35,36)(H,27,29,32)/t15?,16-,17-/m0/s1. The third-order valence-electron chi connectivity index (χ3n) is 6.27. The Hall–Kier alpha value is -3.57. The van der Waals surface area contributed by atoms with Crippen LogP contribution in [-0.4, -0.2) is 69.3 Å². The van der Waals surface area contributed by atoms with E-state index >= 15 is 0 Å².